The lowest BCUT2D eigenvalue weighted by Gasteiger charge is -2.17. The van der Waals surface area contributed by atoms with Gasteiger partial charge in [-0.1, -0.05) is 17.7 Å². The molecule has 2 rings (SSSR count). The van der Waals surface area contributed by atoms with Crippen LogP contribution < -0.4 is 5.73 Å². The smallest absolute Gasteiger partial charge is 0.246 e. The minimum absolute atomic E-state index is 0.141. The van der Waals surface area contributed by atoms with Crippen LogP contribution in [0.15, 0.2) is 23.1 Å². The highest BCUT2D eigenvalue weighted by atomic mass is 35.5. The molecule has 0 radical (unpaired) electrons. The molecule has 0 amide bonds. The first-order chi connectivity index (χ1) is 8.46. The Kier molecular flexibility index (Phi) is 3.91. The molecule has 1 aliphatic heterocycles. The van der Waals surface area contributed by atoms with E-state index in [1.807, 2.05) is 0 Å². The number of hydrogen-bond donors (Lipinski definition) is 1. The summed E-state index contributed by atoms with van der Waals surface area (Å²) in [6.45, 7) is 1.14. The van der Waals surface area contributed by atoms with Gasteiger partial charge in [0.1, 0.15) is 4.90 Å². The summed E-state index contributed by atoms with van der Waals surface area (Å²) in [4.78, 5) is -0.368. The van der Waals surface area contributed by atoms with Crippen molar-refractivity contribution in [3.8, 4) is 0 Å². The van der Waals surface area contributed by atoms with E-state index in [9.17, 15) is 12.8 Å². The second-order valence-electron chi connectivity index (χ2n) is 4.31. The van der Waals surface area contributed by atoms with E-state index in [0.29, 0.717) is 26.1 Å². The minimum Gasteiger partial charge on any atom is -0.330 e. The van der Waals surface area contributed by atoms with E-state index in [0.717, 1.165) is 0 Å². The number of hydrogen-bond acceptors (Lipinski definition) is 3. The summed E-state index contributed by atoms with van der Waals surface area (Å²) in [5.74, 6) is -0.752. The van der Waals surface area contributed by atoms with Crippen LogP contribution in [0, 0.1) is 11.7 Å². The Morgan fingerprint density at radius 3 is 2.83 bits per heavy atom. The van der Waals surface area contributed by atoms with Gasteiger partial charge in [-0.2, -0.15) is 4.31 Å². The van der Waals surface area contributed by atoms with Crippen LogP contribution >= 0.6 is 11.6 Å². The average Bonchev–Trinajstić information content (AvgIpc) is 2.81. The third-order valence-corrected chi connectivity index (χ3v) is 5.29. The standard InChI is InChI=1S/C11H14ClFN2O2S/c12-9-2-1-3-10(11(9)13)18(16,17)15-5-4-8(6-14)7-15/h1-3,8H,4-7,14H2. The molecule has 1 aliphatic rings. The summed E-state index contributed by atoms with van der Waals surface area (Å²) >= 11 is 5.60. The third kappa shape index (κ3) is 2.38. The van der Waals surface area contributed by atoms with Crippen molar-refractivity contribution >= 4 is 21.6 Å². The lowest BCUT2D eigenvalue weighted by atomic mass is 10.1. The van der Waals surface area contributed by atoms with Gasteiger partial charge in [-0.15, -0.1) is 0 Å². The highest BCUT2D eigenvalue weighted by Crippen LogP contribution is 2.28. The summed E-state index contributed by atoms with van der Waals surface area (Å²) in [5.41, 5.74) is 5.52. The Labute approximate surface area is 111 Å². The minimum atomic E-state index is -3.82. The van der Waals surface area contributed by atoms with Gasteiger partial charge in [0.15, 0.2) is 5.82 Å². The Morgan fingerprint density at radius 1 is 1.50 bits per heavy atom. The lowest BCUT2D eigenvalue weighted by Crippen LogP contribution is -2.30. The number of rotatable bonds is 3. The van der Waals surface area contributed by atoms with Gasteiger partial charge in [0, 0.05) is 13.1 Å². The molecule has 0 aromatic heterocycles. The second kappa shape index (κ2) is 5.13. The normalized spacial score (nSPS) is 21.4. The molecule has 4 nitrogen and oxygen atoms in total. The van der Waals surface area contributed by atoms with Gasteiger partial charge >= 0.3 is 0 Å². The fourth-order valence-corrected chi connectivity index (χ4v) is 3.88. The van der Waals surface area contributed by atoms with Crippen molar-refractivity contribution in [3.05, 3.63) is 29.0 Å². The van der Waals surface area contributed by atoms with Crippen molar-refractivity contribution < 1.29 is 12.8 Å². The highest BCUT2D eigenvalue weighted by Gasteiger charge is 2.33. The van der Waals surface area contributed by atoms with Crippen LogP contribution in [0.3, 0.4) is 0 Å². The largest absolute Gasteiger partial charge is 0.330 e. The van der Waals surface area contributed by atoms with Crippen molar-refractivity contribution in [2.24, 2.45) is 11.7 Å². The maximum absolute atomic E-state index is 13.8. The second-order valence-corrected chi connectivity index (χ2v) is 6.62. The van der Waals surface area contributed by atoms with Gasteiger partial charge in [0.2, 0.25) is 10.0 Å². The van der Waals surface area contributed by atoms with Gasteiger partial charge in [-0.3, -0.25) is 0 Å². The lowest BCUT2D eigenvalue weighted by molar-refractivity contribution is 0.453. The summed E-state index contributed by atoms with van der Waals surface area (Å²) < 4.78 is 39.5. The van der Waals surface area contributed by atoms with Crippen molar-refractivity contribution in [3.63, 3.8) is 0 Å². The van der Waals surface area contributed by atoms with Gasteiger partial charge in [0.25, 0.3) is 0 Å². The quantitative estimate of drug-likeness (QED) is 0.917. The molecule has 1 aromatic carbocycles. The van der Waals surface area contributed by atoms with E-state index >= 15 is 0 Å². The van der Waals surface area contributed by atoms with Crippen LogP contribution in [0.1, 0.15) is 6.42 Å². The SMILES string of the molecule is NCC1CCN(S(=O)(=O)c2cccc(Cl)c2F)C1. The molecule has 100 valence electrons. The summed E-state index contributed by atoms with van der Waals surface area (Å²) in [6, 6.07) is 3.98. The van der Waals surface area contributed by atoms with E-state index in [1.54, 1.807) is 0 Å². The molecule has 1 atom stereocenters. The van der Waals surface area contributed by atoms with E-state index in [1.165, 1.54) is 22.5 Å². The maximum atomic E-state index is 13.8. The molecule has 1 aromatic rings. The highest BCUT2D eigenvalue weighted by molar-refractivity contribution is 7.89. The number of benzene rings is 1. The number of nitrogens with two attached hydrogens (primary N) is 1. The first-order valence-electron chi connectivity index (χ1n) is 5.61. The van der Waals surface area contributed by atoms with Gasteiger partial charge in [0.05, 0.1) is 5.02 Å². The van der Waals surface area contributed by atoms with Crippen LogP contribution in [0.25, 0.3) is 0 Å². The van der Waals surface area contributed by atoms with E-state index in [-0.39, 0.29) is 15.8 Å². The number of nitrogens with zero attached hydrogens (tertiary/aromatic N) is 1. The van der Waals surface area contributed by atoms with Crippen molar-refractivity contribution in [1.29, 1.82) is 0 Å². The van der Waals surface area contributed by atoms with E-state index < -0.39 is 15.8 Å². The molecule has 1 unspecified atom stereocenters. The van der Waals surface area contributed by atoms with Crippen LogP contribution in [0.2, 0.25) is 5.02 Å². The monoisotopic (exact) mass is 292 g/mol. The Bertz CT molecular complexity index is 550. The van der Waals surface area contributed by atoms with Crippen molar-refractivity contribution in [1.82, 2.24) is 4.31 Å². The van der Waals surface area contributed by atoms with E-state index in [2.05, 4.69) is 0 Å². The zero-order valence-electron chi connectivity index (χ0n) is 9.64. The number of sulfonamides is 1. The molecule has 1 heterocycles. The first kappa shape index (κ1) is 13.7. The molecule has 18 heavy (non-hydrogen) atoms. The predicted molar refractivity (Wildman–Crippen MR) is 67.3 cm³/mol. The summed E-state index contributed by atoms with van der Waals surface area (Å²) in [7, 11) is -3.82. The Hall–Kier alpha value is -0.690. The zero-order chi connectivity index (χ0) is 13.3. The molecular weight excluding hydrogens is 279 g/mol. The molecule has 0 aliphatic carbocycles. The van der Waals surface area contributed by atoms with Crippen LogP contribution in [0.5, 0.6) is 0 Å². The van der Waals surface area contributed by atoms with Gasteiger partial charge < -0.3 is 5.73 Å². The molecular formula is C11H14ClFN2O2S. The molecule has 0 spiro atoms. The predicted octanol–water partition coefficient (Wildman–Crippen LogP) is 1.45. The molecule has 0 saturated carbocycles. The van der Waals surface area contributed by atoms with Crippen LogP contribution in [-0.4, -0.2) is 32.4 Å². The molecule has 0 bridgehead atoms. The third-order valence-electron chi connectivity index (χ3n) is 3.12. The Morgan fingerprint density at radius 2 is 2.22 bits per heavy atom. The van der Waals surface area contributed by atoms with Gasteiger partial charge in [-0.25, -0.2) is 12.8 Å². The molecule has 1 saturated heterocycles. The fourth-order valence-electron chi connectivity index (χ4n) is 2.03. The van der Waals surface area contributed by atoms with E-state index in [4.69, 9.17) is 17.3 Å². The van der Waals surface area contributed by atoms with Crippen molar-refractivity contribution in [2.45, 2.75) is 11.3 Å². The average molecular weight is 293 g/mol. The zero-order valence-corrected chi connectivity index (χ0v) is 11.2. The number of halogens is 2. The molecule has 1 fully saturated rings. The van der Waals surface area contributed by atoms with Gasteiger partial charge in [-0.05, 0) is 31.0 Å². The fraction of sp³-hybridized carbons (Fsp3) is 0.455. The Balaban J connectivity index is 2.35. The summed E-state index contributed by atoms with van der Waals surface area (Å²) in [5, 5.41) is -0.189. The van der Waals surface area contributed by atoms with Crippen molar-refractivity contribution in [2.75, 3.05) is 19.6 Å². The topological polar surface area (TPSA) is 63.4 Å². The molecule has 2 N–H and O–H groups in total. The van der Waals surface area contributed by atoms with Crippen LogP contribution in [-0.2, 0) is 10.0 Å². The summed E-state index contributed by atoms with van der Waals surface area (Å²) in [6.07, 6.45) is 0.706. The molecule has 7 heteroatoms. The maximum Gasteiger partial charge on any atom is 0.246 e. The van der Waals surface area contributed by atoms with Crippen LogP contribution in [0.4, 0.5) is 4.39 Å². The first-order valence-corrected chi connectivity index (χ1v) is 7.43.